The van der Waals surface area contributed by atoms with E-state index in [1.165, 1.54) is 12.1 Å². The third-order valence-electron chi connectivity index (χ3n) is 3.59. The molecule has 10 heteroatoms. The van der Waals surface area contributed by atoms with Gasteiger partial charge < -0.3 is 15.4 Å². The normalized spacial score (nSPS) is 12.2. The number of nitrogens with one attached hydrogen (secondary N) is 1. The molecule has 0 aliphatic carbocycles. The molecule has 0 aliphatic rings. The summed E-state index contributed by atoms with van der Waals surface area (Å²) in [5.74, 6) is 5.48. The summed E-state index contributed by atoms with van der Waals surface area (Å²) in [6.07, 6.45) is -4.36. The smallest absolute Gasteiger partial charge is 0.416 e. The Morgan fingerprint density at radius 3 is 2.50 bits per heavy atom. The Balaban J connectivity index is 1.94. The van der Waals surface area contributed by atoms with Crippen molar-refractivity contribution in [2.75, 3.05) is 13.2 Å². The minimum absolute atomic E-state index is 0.0481. The van der Waals surface area contributed by atoms with Crippen LogP contribution in [-0.4, -0.2) is 18.9 Å². The first-order chi connectivity index (χ1) is 13.4. The summed E-state index contributed by atoms with van der Waals surface area (Å²) in [6.45, 7) is 2.54. The van der Waals surface area contributed by atoms with E-state index in [0.717, 1.165) is 17.7 Å². The van der Waals surface area contributed by atoms with Crippen molar-refractivity contribution < 1.29 is 22.7 Å². The molecule has 0 unspecified atom stereocenters. The number of ether oxygens (including phenoxy) is 1. The molecule has 0 atom stereocenters. The molecule has 0 saturated heterocycles. The molecule has 0 saturated carbocycles. The van der Waals surface area contributed by atoms with Crippen LogP contribution < -0.4 is 16.0 Å². The van der Waals surface area contributed by atoms with E-state index in [4.69, 9.17) is 15.4 Å². The van der Waals surface area contributed by atoms with Crippen LogP contribution in [-0.2, 0) is 17.6 Å². The summed E-state index contributed by atoms with van der Waals surface area (Å²) >= 11 is 0. The molecule has 0 spiro atoms. The average molecular weight is 395 g/mol. The monoisotopic (exact) mass is 395 g/mol. The van der Waals surface area contributed by atoms with Crippen molar-refractivity contribution in [3.05, 3.63) is 65.2 Å². The number of rotatable bonds is 9. The van der Waals surface area contributed by atoms with Gasteiger partial charge in [0.1, 0.15) is 19.0 Å². The van der Waals surface area contributed by atoms with Crippen LogP contribution in [0.15, 0.2) is 64.1 Å². The second-order valence-corrected chi connectivity index (χ2v) is 5.61. The summed E-state index contributed by atoms with van der Waals surface area (Å²) in [5, 5.41) is 10.5. The van der Waals surface area contributed by atoms with Crippen molar-refractivity contribution in [1.82, 2.24) is 5.43 Å². The lowest BCUT2D eigenvalue weighted by Gasteiger charge is -2.11. The molecule has 2 aromatic carbocycles. The molecule has 28 heavy (non-hydrogen) atoms. The molecule has 3 N–H and O–H groups in total. The first-order valence-corrected chi connectivity index (χ1v) is 8.29. The zero-order valence-electron chi connectivity index (χ0n) is 15.1. The van der Waals surface area contributed by atoms with Gasteiger partial charge in [0.05, 0.1) is 17.8 Å². The summed E-state index contributed by atoms with van der Waals surface area (Å²) in [7, 11) is 0. The van der Waals surface area contributed by atoms with Crippen molar-refractivity contribution in [3.63, 3.8) is 0 Å². The highest BCUT2D eigenvalue weighted by Gasteiger charge is 2.29. The van der Waals surface area contributed by atoms with Gasteiger partial charge in [0.15, 0.2) is 0 Å². The van der Waals surface area contributed by atoms with Gasteiger partial charge in [0.25, 0.3) is 0 Å². The van der Waals surface area contributed by atoms with E-state index in [1.807, 2.05) is 18.2 Å². The number of hydrogen-bond acceptors (Lipinski definition) is 5. The van der Waals surface area contributed by atoms with E-state index >= 15 is 0 Å². The lowest BCUT2D eigenvalue weighted by atomic mass is 10.1. The SMILES string of the molecule is CC(=NOCc1ccc(C(F)(F)F)cc1)c1ccccc1OCCNN=NN. The highest BCUT2D eigenvalue weighted by atomic mass is 19.4. The Morgan fingerprint density at radius 1 is 1.11 bits per heavy atom. The molecule has 0 amide bonds. The van der Waals surface area contributed by atoms with E-state index in [0.29, 0.717) is 30.2 Å². The lowest BCUT2D eigenvalue weighted by Crippen LogP contribution is -2.16. The summed E-state index contributed by atoms with van der Waals surface area (Å²) in [6, 6.07) is 12.0. The summed E-state index contributed by atoms with van der Waals surface area (Å²) in [5.41, 5.74) is 3.78. The fourth-order valence-electron chi connectivity index (χ4n) is 2.23. The van der Waals surface area contributed by atoms with E-state index in [1.54, 1.807) is 13.0 Å². The second-order valence-electron chi connectivity index (χ2n) is 5.61. The Kier molecular flexibility index (Phi) is 7.61. The quantitative estimate of drug-likeness (QED) is 0.222. The highest BCUT2D eigenvalue weighted by Crippen LogP contribution is 2.29. The molecular formula is C18H20F3N5O2. The van der Waals surface area contributed by atoms with Gasteiger partial charge in [-0.05, 0) is 36.8 Å². The van der Waals surface area contributed by atoms with E-state index in [2.05, 4.69) is 21.0 Å². The lowest BCUT2D eigenvalue weighted by molar-refractivity contribution is -0.137. The zero-order chi connectivity index (χ0) is 20.4. The number of halogens is 3. The van der Waals surface area contributed by atoms with Gasteiger partial charge in [0, 0.05) is 5.56 Å². The van der Waals surface area contributed by atoms with Gasteiger partial charge in [-0.1, -0.05) is 39.9 Å². The highest BCUT2D eigenvalue weighted by molar-refractivity contribution is 6.00. The minimum atomic E-state index is -4.36. The summed E-state index contributed by atoms with van der Waals surface area (Å²) in [4.78, 5) is 5.27. The number of alkyl halides is 3. The first kappa shape index (κ1) is 21.0. The standard InChI is InChI=1S/C18H20F3N5O2/c1-13(16-4-2-3-5-17(16)27-11-10-23-26-25-22)24-28-12-14-6-8-15(9-7-14)18(19,20)21/h2-9H,10-12H2,1H3,(H2,22,26)(H,23,25). The molecular weight excluding hydrogens is 375 g/mol. The predicted octanol–water partition coefficient (Wildman–Crippen LogP) is 3.86. The number of nitrogens with two attached hydrogens (primary N) is 1. The van der Waals surface area contributed by atoms with Crippen molar-refractivity contribution in [1.29, 1.82) is 0 Å². The van der Waals surface area contributed by atoms with Crippen LogP contribution in [0.5, 0.6) is 5.75 Å². The Labute approximate surface area is 160 Å². The van der Waals surface area contributed by atoms with Gasteiger partial charge in [-0.25, -0.2) is 0 Å². The average Bonchev–Trinajstić information content (AvgIpc) is 2.68. The van der Waals surface area contributed by atoms with Crippen molar-refractivity contribution in [2.45, 2.75) is 19.7 Å². The molecule has 7 nitrogen and oxygen atoms in total. The minimum Gasteiger partial charge on any atom is -0.491 e. The van der Waals surface area contributed by atoms with Crippen LogP contribution in [0.4, 0.5) is 13.2 Å². The van der Waals surface area contributed by atoms with Crippen molar-refractivity contribution >= 4 is 5.71 Å². The molecule has 0 bridgehead atoms. The van der Waals surface area contributed by atoms with Crippen LogP contribution in [0.1, 0.15) is 23.6 Å². The number of nitrogens with zero attached hydrogens (tertiary/aromatic N) is 3. The molecule has 0 radical (unpaired) electrons. The van der Waals surface area contributed by atoms with Gasteiger partial charge in [-0.3, -0.25) is 5.43 Å². The van der Waals surface area contributed by atoms with Gasteiger partial charge in [0.2, 0.25) is 0 Å². The third-order valence-corrected chi connectivity index (χ3v) is 3.59. The molecule has 0 fully saturated rings. The Hall–Kier alpha value is -3.30. The molecule has 0 heterocycles. The summed E-state index contributed by atoms with van der Waals surface area (Å²) < 4.78 is 43.4. The third kappa shape index (κ3) is 6.45. The molecule has 2 aromatic rings. The van der Waals surface area contributed by atoms with Crippen LogP contribution in [0.2, 0.25) is 0 Å². The number of oxime groups is 1. The van der Waals surface area contributed by atoms with Crippen LogP contribution >= 0.6 is 0 Å². The van der Waals surface area contributed by atoms with Gasteiger partial charge >= 0.3 is 6.18 Å². The van der Waals surface area contributed by atoms with Crippen LogP contribution in [0, 0.1) is 0 Å². The number of benzene rings is 2. The Bertz CT molecular complexity index is 808. The van der Waals surface area contributed by atoms with E-state index in [-0.39, 0.29) is 6.61 Å². The second kappa shape index (κ2) is 10.1. The van der Waals surface area contributed by atoms with Crippen molar-refractivity contribution in [2.24, 2.45) is 21.4 Å². The molecule has 2 rings (SSSR count). The zero-order valence-corrected chi connectivity index (χ0v) is 15.1. The molecule has 0 aromatic heterocycles. The maximum absolute atomic E-state index is 12.6. The Morgan fingerprint density at radius 2 is 1.82 bits per heavy atom. The van der Waals surface area contributed by atoms with Crippen LogP contribution in [0.25, 0.3) is 0 Å². The predicted molar refractivity (Wildman–Crippen MR) is 97.4 cm³/mol. The fraction of sp³-hybridized carbons (Fsp3) is 0.278. The first-order valence-electron chi connectivity index (χ1n) is 8.29. The maximum atomic E-state index is 12.6. The van der Waals surface area contributed by atoms with Crippen LogP contribution in [0.3, 0.4) is 0 Å². The number of hydrogen-bond donors (Lipinski definition) is 2. The molecule has 150 valence electrons. The largest absolute Gasteiger partial charge is 0.491 e. The van der Waals surface area contributed by atoms with Gasteiger partial charge in [-0.2, -0.15) is 13.2 Å². The van der Waals surface area contributed by atoms with Gasteiger partial charge in [-0.15, -0.1) is 0 Å². The van der Waals surface area contributed by atoms with Crippen molar-refractivity contribution in [3.8, 4) is 5.75 Å². The maximum Gasteiger partial charge on any atom is 0.416 e. The van der Waals surface area contributed by atoms with E-state index < -0.39 is 11.7 Å². The fourth-order valence-corrected chi connectivity index (χ4v) is 2.23. The topological polar surface area (TPSA) is 93.6 Å². The van der Waals surface area contributed by atoms with E-state index in [9.17, 15) is 13.2 Å². The number of para-hydroxylation sites is 1. The molecule has 0 aliphatic heterocycles.